The van der Waals surface area contributed by atoms with Crippen molar-refractivity contribution in [2.45, 2.75) is 38.6 Å². The third kappa shape index (κ3) is 4.29. The molecule has 0 aromatic carbocycles. The highest BCUT2D eigenvalue weighted by atomic mass is 16.5. The molecule has 19 heavy (non-hydrogen) atoms. The van der Waals surface area contributed by atoms with Crippen LogP contribution in [-0.2, 0) is 9.53 Å². The third-order valence-electron chi connectivity index (χ3n) is 2.94. The minimum Gasteiger partial charge on any atom is -0.406 e. The Morgan fingerprint density at radius 2 is 2.47 bits per heavy atom. The van der Waals surface area contributed by atoms with E-state index in [0.29, 0.717) is 31.9 Å². The first-order valence-electron chi connectivity index (χ1n) is 6.74. The zero-order valence-electron chi connectivity index (χ0n) is 11.1. The number of anilines is 1. The van der Waals surface area contributed by atoms with Gasteiger partial charge < -0.3 is 14.5 Å². The van der Waals surface area contributed by atoms with Crippen molar-refractivity contribution < 1.29 is 13.9 Å². The Balaban J connectivity index is 1.74. The molecule has 0 radical (unpaired) electrons. The highest BCUT2D eigenvalue weighted by Gasteiger charge is 2.22. The first-order valence-corrected chi connectivity index (χ1v) is 6.74. The molecule has 106 valence electrons. The fourth-order valence-electron chi connectivity index (χ4n) is 1.98. The molecule has 1 fully saturated rings. The van der Waals surface area contributed by atoms with Crippen molar-refractivity contribution in [3.63, 3.8) is 0 Å². The van der Waals surface area contributed by atoms with E-state index in [9.17, 15) is 4.79 Å². The standard InChI is InChI=1S/C12H20N4O3/c1-2-18-8-4-6-10(17)14-12-16-15-11(19-12)9-5-3-7-13-9/h9,13H,2-8H2,1H3,(H,14,16,17). The van der Waals surface area contributed by atoms with Crippen LogP contribution in [0.3, 0.4) is 0 Å². The van der Waals surface area contributed by atoms with Gasteiger partial charge in [-0.2, -0.15) is 0 Å². The van der Waals surface area contributed by atoms with Gasteiger partial charge in [0.1, 0.15) is 0 Å². The minimum atomic E-state index is -0.130. The van der Waals surface area contributed by atoms with Gasteiger partial charge in [-0.25, -0.2) is 0 Å². The Hall–Kier alpha value is -1.47. The topological polar surface area (TPSA) is 89.3 Å². The summed E-state index contributed by atoms with van der Waals surface area (Å²) in [4.78, 5) is 11.6. The summed E-state index contributed by atoms with van der Waals surface area (Å²) in [7, 11) is 0. The monoisotopic (exact) mass is 268 g/mol. The number of hydrogen-bond acceptors (Lipinski definition) is 6. The summed E-state index contributed by atoms with van der Waals surface area (Å²) in [6.07, 6.45) is 3.17. The second kappa shape index (κ2) is 7.20. The van der Waals surface area contributed by atoms with Crippen LogP contribution in [0, 0.1) is 0 Å². The Kier molecular flexibility index (Phi) is 5.29. The van der Waals surface area contributed by atoms with Crippen molar-refractivity contribution in [3.05, 3.63) is 5.89 Å². The summed E-state index contributed by atoms with van der Waals surface area (Å²) in [5.41, 5.74) is 0. The van der Waals surface area contributed by atoms with E-state index in [0.717, 1.165) is 19.4 Å². The molecule has 7 nitrogen and oxygen atoms in total. The number of nitrogens with zero attached hydrogens (tertiary/aromatic N) is 2. The molecule has 1 aliphatic heterocycles. The van der Waals surface area contributed by atoms with Gasteiger partial charge in [-0.1, -0.05) is 5.10 Å². The fraction of sp³-hybridized carbons (Fsp3) is 0.750. The van der Waals surface area contributed by atoms with E-state index in [-0.39, 0.29) is 18.0 Å². The molecule has 1 amide bonds. The quantitative estimate of drug-likeness (QED) is 0.723. The van der Waals surface area contributed by atoms with E-state index in [1.54, 1.807) is 0 Å². The normalized spacial score (nSPS) is 18.7. The average Bonchev–Trinajstić information content (AvgIpc) is 3.04. The Labute approximate surface area is 112 Å². The van der Waals surface area contributed by atoms with Crippen LogP contribution < -0.4 is 10.6 Å². The summed E-state index contributed by atoms with van der Waals surface area (Å²) in [5, 5.41) is 13.6. The first kappa shape index (κ1) is 14.0. The van der Waals surface area contributed by atoms with Gasteiger partial charge in [0.25, 0.3) is 0 Å². The number of amides is 1. The van der Waals surface area contributed by atoms with Crippen molar-refractivity contribution in [2.24, 2.45) is 0 Å². The van der Waals surface area contributed by atoms with Crippen LogP contribution >= 0.6 is 0 Å². The van der Waals surface area contributed by atoms with E-state index < -0.39 is 0 Å². The maximum absolute atomic E-state index is 11.6. The second-order valence-corrected chi connectivity index (χ2v) is 4.44. The minimum absolute atomic E-state index is 0.121. The average molecular weight is 268 g/mol. The molecule has 0 bridgehead atoms. The largest absolute Gasteiger partial charge is 0.406 e. The summed E-state index contributed by atoms with van der Waals surface area (Å²) in [6.45, 7) is 4.15. The Morgan fingerprint density at radius 1 is 1.58 bits per heavy atom. The molecule has 7 heteroatoms. The molecule has 2 heterocycles. The number of nitrogens with one attached hydrogen (secondary N) is 2. The van der Waals surface area contributed by atoms with Gasteiger partial charge in [-0.15, -0.1) is 5.10 Å². The van der Waals surface area contributed by atoms with Gasteiger partial charge in [-0.3, -0.25) is 10.1 Å². The molecule has 1 atom stereocenters. The molecule has 2 rings (SSSR count). The number of aromatic nitrogens is 2. The predicted molar refractivity (Wildman–Crippen MR) is 68.6 cm³/mol. The number of hydrogen-bond donors (Lipinski definition) is 2. The van der Waals surface area contributed by atoms with E-state index in [4.69, 9.17) is 9.15 Å². The summed E-state index contributed by atoms with van der Waals surface area (Å²) in [5.74, 6) is 0.413. The van der Waals surface area contributed by atoms with E-state index in [1.807, 2.05) is 6.92 Å². The highest BCUT2D eigenvalue weighted by Crippen LogP contribution is 2.22. The van der Waals surface area contributed by atoms with Crippen LogP contribution in [-0.4, -0.2) is 35.9 Å². The van der Waals surface area contributed by atoms with Crippen molar-refractivity contribution in [1.29, 1.82) is 0 Å². The van der Waals surface area contributed by atoms with Gasteiger partial charge in [-0.05, 0) is 32.7 Å². The predicted octanol–water partition coefficient (Wildman–Crippen LogP) is 1.25. The van der Waals surface area contributed by atoms with Crippen LogP contribution in [0.1, 0.15) is 44.5 Å². The van der Waals surface area contributed by atoms with Crippen LogP contribution in [0.5, 0.6) is 0 Å². The second-order valence-electron chi connectivity index (χ2n) is 4.44. The molecule has 0 aliphatic carbocycles. The number of ether oxygens (including phenoxy) is 1. The fourth-order valence-corrected chi connectivity index (χ4v) is 1.98. The summed E-state index contributed by atoms with van der Waals surface area (Å²) >= 11 is 0. The lowest BCUT2D eigenvalue weighted by molar-refractivity contribution is -0.116. The van der Waals surface area contributed by atoms with E-state index in [1.165, 1.54) is 0 Å². The smallest absolute Gasteiger partial charge is 0.322 e. The number of carbonyl (C=O) groups excluding carboxylic acids is 1. The van der Waals surface area contributed by atoms with Crippen LogP contribution in [0.4, 0.5) is 6.01 Å². The van der Waals surface area contributed by atoms with Gasteiger partial charge in [0.2, 0.25) is 11.8 Å². The molecule has 1 aromatic heterocycles. The van der Waals surface area contributed by atoms with Gasteiger partial charge in [0.05, 0.1) is 6.04 Å². The lowest BCUT2D eigenvalue weighted by Gasteiger charge is -2.03. The molecular formula is C12H20N4O3. The maximum atomic E-state index is 11.6. The van der Waals surface area contributed by atoms with Crippen LogP contribution in [0.2, 0.25) is 0 Å². The Morgan fingerprint density at radius 3 is 3.21 bits per heavy atom. The molecule has 1 aromatic rings. The van der Waals surface area contributed by atoms with Crippen molar-refractivity contribution in [1.82, 2.24) is 15.5 Å². The zero-order chi connectivity index (χ0) is 13.5. The van der Waals surface area contributed by atoms with E-state index >= 15 is 0 Å². The SMILES string of the molecule is CCOCCCC(=O)Nc1nnc(C2CCCN2)o1. The molecule has 0 spiro atoms. The number of rotatable bonds is 7. The third-order valence-corrected chi connectivity index (χ3v) is 2.94. The Bertz CT molecular complexity index is 401. The van der Waals surface area contributed by atoms with Gasteiger partial charge in [0.15, 0.2) is 0 Å². The van der Waals surface area contributed by atoms with Crippen molar-refractivity contribution >= 4 is 11.9 Å². The number of carbonyl (C=O) groups is 1. The van der Waals surface area contributed by atoms with Crippen LogP contribution in [0.25, 0.3) is 0 Å². The maximum Gasteiger partial charge on any atom is 0.322 e. The van der Waals surface area contributed by atoms with Crippen molar-refractivity contribution in [3.8, 4) is 0 Å². The molecule has 1 unspecified atom stereocenters. The first-order chi connectivity index (χ1) is 9.29. The molecule has 0 saturated carbocycles. The van der Waals surface area contributed by atoms with Crippen LogP contribution in [0.15, 0.2) is 4.42 Å². The zero-order valence-corrected chi connectivity index (χ0v) is 11.1. The lowest BCUT2D eigenvalue weighted by atomic mass is 10.2. The summed E-state index contributed by atoms with van der Waals surface area (Å²) < 4.78 is 10.6. The summed E-state index contributed by atoms with van der Waals surface area (Å²) in [6, 6.07) is 0.293. The molecular weight excluding hydrogens is 248 g/mol. The molecule has 1 aliphatic rings. The van der Waals surface area contributed by atoms with Gasteiger partial charge in [0, 0.05) is 19.6 Å². The molecule has 2 N–H and O–H groups in total. The molecule has 1 saturated heterocycles. The lowest BCUT2D eigenvalue weighted by Crippen LogP contribution is -2.13. The van der Waals surface area contributed by atoms with Gasteiger partial charge >= 0.3 is 6.01 Å². The van der Waals surface area contributed by atoms with Crippen molar-refractivity contribution in [2.75, 3.05) is 25.1 Å². The highest BCUT2D eigenvalue weighted by molar-refractivity contribution is 5.88. The van der Waals surface area contributed by atoms with E-state index in [2.05, 4.69) is 20.8 Å².